The van der Waals surface area contributed by atoms with Crippen LogP contribution < -0.4 is 5.56 Å². The summed E-state index contributed by atoms with van der Waals surface area (Å²) in [4.78, 5) is 32.4. The maximum absolute atomic E-state index is 12.7. The molecule has 1 fully saturated rings. The first kappa shape index (κ1) is 17.9. The summed E-state index contributed by atoms with van der Waals surface area (Å²) in [6.45, 7) is 3.11. The van der Waals surface area contributed by atoms with E-state index in [0.29, 0.717) is 42.4 Å². The van der Waals surface area contributed by atoms with E-state index in [9.17, 15) is 14.7 Å². The number of para-hydroxylation sites is 1. The van der Waals surface area contributed by atoms with Crippen molar-refractivity contribution >= 4 is 28.1 Å². The van der Waals surface area contributed by atoms with Gasteiger partial charge in [-0.2, -0.15) is 0 Å². The van der Waals surface area contributed by atoms with Crippen molar-refractivity contribution in [1.82, 2.24) is 14.5 Å². The highest BCUT2D eigenvalue weighted by molar-refractivity contribution is 7.10. The van der Waals surface area contributed by atoms with Crippen molar-refractivity contribution in [3.8, 4) is 0 Å². The van der Waals surface area contributed by atoms with Crippen LogP contribution in [-0.4, -0.2) is 44.2 Å². The van der Waals surface area contributed by atoms with Gasteiger partial charge < -0.3 is 10.0 Å². The van der Waals surface area contributed by atoms with Crippen molar-refractivity contribution in [3.05, 3.63) is 62.8 Å². The molecule has 1 aliphatic rings. The molecule has 0 radical (unpaired) electrons. The molecule has 1 amide bonds. The number of fused-ring (bicyclic) bond motifs is 1. The molecule has 0 spiro atoms. The van der Waals surface area contributed by atoms with Crippen molar-refractivity contribution in [2.45, 2.75) is 31.9 Å². The predicted octanol–water partition coefficient (Wildman–Crippen LogP) is 2.43. The lowest BCUT2D eigenvalue weighted by Gasteiger charge is -2.38. The second-order valence-electron chi connectivity index (χ2n) is 7.16. The summed E-state index contributed by atoms with van der Waals surface area (Å²) in [6.07, 6.45) is 2.36. The fraction of sp³-hybridized carbons (Fsp3) is 0.350. The van der Waals surface area contributed by atoms with Gasteiger partial charge in [0.15, 0.2) is 0 Å². The molecular weight excluding hydrogens is 362 g/mol. The van der Waals surface area contributed by atoms with Gasteiger partial charge in [-0.05, 0) is 38.0 Å². The van der Waals surface area contributed by atoms with Crippen LogP contribution in [-0.2, 0) is 6.54 Å². The lowest BCUT2D eigenvalue weighted by Crippen LogP contribution is -2.49. The predicted molar refractivity (Wildman–Crippen MR) is 105 cm³/mol. The Balaban J connectivity index is 1.47. The van der Waals surface area contributed by atoms with E-state index in [1.54, 1.807) is 34.4 Å². The molecule has 6 nitrogen and oxygen atoms in total. The van der Waals surface area contributed by atoms with Crippen molar-refractivity contribution in [3.63, 3.8) is 0 Å². The highest BCUT2D eigenvalue weighted by atomic mass is 32.1. The first-order valence-electron chi connectivity index (χ1n) is 8.96. The molecule has 0 bridgehead atoms. The molecule has 1 aromatic carbocycles. The summed E-state index contributed by atoms with van der Waals surface area (Å²) >= 11 is 1.56. The average Bonchev–Trinajstić information content (AvgIpc) is 3.11. The first-order valence-corrected chi connectivity index (χ1v) is 9.84. The van der Waals surface area contributed by atoms with Crippen LogP contribution in [0.1, 0.15) is 28.1 Å². The number of hydrogen-bond acceptors (Lipinski definition) is 5. The number of aliphatic hydroxyl groups is 1. The van der Waals surface area contributed by atoms with Crippen LogP contribution in [0.5, 0.6) is 0 Å². The van der Waals surface area contributed by atoms with E-state index in [2.05, 4.69) is 4.98 Å². The standard InChI is InChI=1S/C20H21N3O3S/c1-14-10-15(11-27-14)18(24)22-8-6-20(26,7-9-22)12-23-13-21-17-5-3-2-4-16(17)19(23)25/h2-5,10-11,13,26H,6-9,12H2,1H3. The van der Waals surface area contributed by atoms with E-state index in [-0.39, 0.29) is 18.0 Å². The number of amides is 1. The van der Waals surface area contributed by atoms with E-state index >= 15 is 0 Å². The normalized spacial score (nSPS) is 16.6. The largest absolute Gasteiger partial charge is 0.388 e. The fourth-order valence-electron chi connectivity index (χ4n) is 3.56. The molecule has 2 aromatic heterocycles. The highest BCUT2D eigenvalue weighted by Gasteiger charge is 2.35. The molecule has 0 aliphatic carbocycles. The zero-order valence-corrected chi connectivity index (χ0v) is 15.9. The zero-order chi connectivity index (χ0) is 19.0. The Morgan fingerprint density at radius 1 is 1.30 bits per heavy atom. The summed E-state index contributed by atoms with van der Waals surface area (Å²) in [5.41, 5.74) is 0.186. The Morgan fingerprint density at radius 3 is 2.74 bits per heavy atom. The van der Waals surface area contributed by atoms with Crippen LogP contribution in [0, 0.1) is 6.92 Å². The number of likely N-dealkylation sites (tertiary alicyclic amines) is 1. The number of benzene rings is 1. The van der Waals surface area contributed by atoms with Crippen LogP contribution in [0.25, 0.3) is 10.9 Å². The number of rotatable bonds is 3. The summed E-state index contributed by atoms with van der Waals surface area (Å²) in [5, 5.41) is 13.4. The van der Waals surface area contributed by atoms with Gasteiger partial charge in [0.05, 0.1) is 34.9 Å². The van der Waals surface area contributed by atoms with Gasteiger partial charge in [0.25, 0.3) is 11.5 Å². The number of thiophene rings is 1. The SMILES string of the molecule is Cc1cc(C(=O)N2CCC(O)(Cn3cnc4ccccc4c3=O)CC2)cs1. The Hall–Kier alpha value is -2.51. The Kier molecular flexibility index (Phi) is 4.57. The zero-order valence-electron chi connectivity index (χ0n) is 15.1. The number of hydrogen-bond donors (Lipinski definition) is 1. The van der Waals surface area contributed by atoms with Crippen molar-refractivity contribution in [2.24, 2.45) is 0 Å². The number of carbonyl (C=O) groups is 1. The molecule has 4 rings (SSSR count). The van der Waals surface area contributed by atoms with Crippen molar-refractivity contribution < 1.29 is 9.90 Å². The molecule has 1 aliphatic heterocycles. The molecule has 3 aromatic rings. The lowest BCUT2D eigenvalue weighted by atomic mass is 9.91. The van der Waals surface area contributed by atoms with Crippen LogP contribution >= 0.6 is 11.3 Å². The third kappa shape index (κ3) is 3.52. The quantitative estimate of drug-likeness (QED) is 0.754. The Bertz CT molecular complexity index is 1050. The summed E-state index contributed by atoms with van der Waals surface area (Å²) in [6, 6.07) is 9.09. The highest BCUT2D eigenvalue weighted by Crippen LogP contribution is 2.26. The van der Waals surface area contributed by atoms with Gasteiger partial charge in [0.2, 0.25) is 0 Å². The molecule has 1 saturated heterocycles. The Labute approximate surface area is 160 Å². The third-order valence-electron chi connectivity index (χ3n) is 5.16. The molecule has 27 heavy (non-hydrogen) atoms. The van der Waals surface area contributed by atoms with Gasteiger partial charge in [-0.1, -0.05) is 12.1 Å². The summed E-state index contributed by atoms with van der Waals surface area (Å²) in [7, 11) is 0. The third-order valence-corrected chi connectivity index (χ3v) is 6.02. The van der Waals surface area contributed by atoms with Crippen LogP contribution in [0.3, 0.4) is 0 Å². The summed E-state index contributed by atoms with van der Waals surface area (Å²) < 4.78 is 1.47. The first-order chi connectivity index (χ1) is 13.0. The number of piperidine rings is 1. The maximum atomic E-state index is 12.7. The fourth-order valence-corrected chi connectivity index (χ4v) is 4.23. The van der Waals surface area contributed by atoms with Gasteiger partial charge in [0, 0.05) is 23.3 Å². The Morgan fingerprint density at radius 2 is 2.04 bits per heavy atom. The van der Waals surface area contributed by atoms with Crippen LogP contribution in [0.4, 0.5) is 0 Å². The monoisotopic (exact) mass is 383 g/mol. The van der Waals surface area contributed by atoms with Gasteiger partial charge in [0.1, 0.15) is 0 Å². The van der Waals surface area contributed by atoms with E-state index in [1.807, 2.05) is 24.4 Å². The topological polar surface area (TPSA) is 75.4 Å². The summed E-state index contributed by atoms with van der Waals surface area (Å²) in [5.74, 6) is 0.00550. The molecule has 0 atom stereocenters. The van der Waals surface area contributed by atoms with Gasteiger partial charge in [-0.15, -0.1) is 11.3 Å². The van der Waals surface area contributed by atoms with Crippen molar-refractivity contribution in [1.29, 1.82) is 0 Å². The maximum Gasteiger partial charge on any atom is 0.261 e. The number of aryl methyl sites for hydroxylation is 1. The molecule has 1 N–H and O–H groups in total. The van der Waals surface area contributed by atoms with Gasteiger partial charge >= 0.3 is 0 Å². The second kappa shape index (κ2) is 6.90. The van der Waals surface area contributed by atoms with Crippen molar-refractivity contribution in [2.75, 3.05) is 13.1 Å². The van der Waals surface area contributed by atoms with E-state index < -0.39 is 5.60 Å². The van der Waals surface area contributed by atoms with E-state index in [4.69, 9.17) is 0 Å². The number of nitrogens with zero attached hydrogens (tertiary/aromatic N) is 3. The molecule has 7 heteroatoms. The average molecular weight is 383 g/mol. The van der Waals surface area contributed by atoms with Crippen LogP contribution in [0.2, 0.25) is 0 Å². The minimum atomic E-state index is -1.02. The minimum absolute atomic E-state index is 0.00550. The molecule has 140 valence electrons. The van der Waals surface area contributed by atoms with Gasteiger partial charge in [-0.3, -0.25) is 14.2 Å². The van der Waals surface area contributed by atoms with Gasteiger partial charge in [-0.25, -0.2) is 4.98 Å². The molecule has 0 unspecified atom stereocenters. The number of carbonyl (C=O) groups excluding carboxylic acids is 1. The van der Waals surface area contributed by atoms with E-state index in [1.165, 1.54) is 10.9 Å². The molecule has 3 heterocycles. The molecule has 0 saturated carbocycles. The van der Waals surface area contributed by atoms with E-state index in [0.717, 1.165) is 4.88 Å². The van der Waals surface area contributed by atoms with Crippen LogP contribution in [0.15, 0.2) is 46.8 Å². The lowest BCUT2D eigenvalue weighted by molar-refractivity contribution is -0.0299. The second-order valence-corrected chi connectivity index (χ2v) is 8.27. The molecular formula is C20H21N3O3S. The number of aromatic nitrogens is 2. The smallest absolute Gasteiger partial charge is 0.261 e. The minimum Gasteiger partial charge on any atom is -0.388 e.